The third kappa shape index (κ3) is 2.68. The first kappa shape index (κ1) is 11.7. The minimum atomic E-state index is 0.165. The number of para-hydroxylation sites is 1. The Morgan fingerprint density at radius 2 is 2.06 bits per heavy atom. The van der Waals surface area contributed by atoms with E-state index in [1.54, 1.807) is 4.68 Å². The van der Waals surface area contributed by atoms with E-state index < -0.39 is 0 Å². The van der Waals surface area contributed by atoms with Crippen LogP contribution in [-0.2, 0) is 6.42 Å². The Morgan fingerprint density at radius 1 is 1.29 bits per heavy atom. The highest BCUT2D eigenvalue weighted by molar-refractivity contribution is 5.30. The van der Waals surface area contributed by atoms with Crippen molar-refractivity contribution in [1.82, 2.24) is 20.2 Å². The van der Waals surface area contributed by atoms with Crippen LogP contribution in [0.2, 0.25) is 0 Å². The number of aliphatic hydroxyl groups is 1. The number of benzene rings is 1. The summed E-state index contributed by atoms with van der Waals surface area (Å²) in [5, 5.41) is 20.9. The minimum Gasteiger partial charge on any atom is -0.396 e. The third-order valence-electron chi connectivity index (χ3n) is 2.84. The summed E-state index contributed by atoms with van der Waals surface area (Å²) in [6.07, 6.45) is 1.60. The Labute approximate surface area is 100 Å². The maximum atomic E-state index is 9.21. The molecule has 1 atom stereocenters. The van der Waals surface area contributed by atoms with Gasteiger partial charge in [0.15, 0.2) is 5.82 Å². The molecular weight excluding hydrogens is 216 g/mol. The molecule has 0 spiro atoms. The summed E-state index contributed by atoms with van der Waals surface area (Å²) in [7, 11) is 0. The number of rotatable bonds is 5. The fraction of sp³-hybridized carbons (Fsp3) is 0.417. The molecule has 0 amide bonds. The van der Waals surface area contributed by atoms with Crippen LogP contribution >= 0.6 is 0 Å². The van der Waals surface area contributed by atoms with Gasteiger partial charge in [-0.3, -0.25) is 0 Å². The van der Waals surface area contributed by atoms with E-state index in [2.05, 4.69) is 22.4 Å². The molecule has 90 valence electrons. The maximum Gasteiger partial charge on any atom is 0.157 e. The largest absolute Gasteiger partial charge is 0.396 e. The van der Waals surface area contributed by atoms with Gasteiger partial charge in [-0.15, -0.1) is 5.10 Å². The van der Waals surface area contributed by atoms with Crippen molar-refractivity contribution in [2.45, 2.75) is 19.8 Å². The predicted molar refractivity (Wildman–Crippen MR) is 63.7 cm³/mol. The molecule has 1 unspecified atom stereocenters. The fourth-order valence-electron chi connectivity index (χ4n) is 1.70. The summed E-state index contributed by atoms with van der Waals surface area (Å²) in [6, 6.07) is 9.77. The average Bonchev–Trinajstić information content (AvgIpc) is 2.85. The van der Waals surface area contributed by atoms with Gasteiger partial charge in [0.05, 0.1) is 5.69 Å². The van der Waals surface area contributed by atoms with Crippen LogP contribution in [0.1, 0.15) is 19.2 Å². The molecule has 2 aromatic rings. The number of aromatic nitrogens is 4. The molecule has 2 rings (SSSR count). The standard InChI is InChI=1S/C12H16N4O/c1-2-10(9-17)8-12-13-14-15-16(12)11-6-4-3-5-7-11/h3-7,10,17H,2,8-9H2,1H3. The van der Waals surface area contributed by atoms with E-state index in [1.165, 1.54) is 0 Å². The first-order valence-corrected chi connectivity index (χ1v) is 5.78. The normalized spacial score (nSPS) is 12.6. The van der Waals surface area contributed by atoms with E-state index in [1.807, 2.05) is 30.3 Å². The van der Waals surface area contributed by atoms with Crippen LogP contribution in [0, 0.1) is 5.92 Å². The van der Waals surface area contributed by atoms with Gasteiger partial charge in [-0.25, -0.2) is 0 Å². The number of nitrogens with zero attached hydrogens (tertiary/aromatic N) is 4. The van der Waals surface area contributed by atoms with Gasteiger partial charge < -0.3 is 5.11 Å². The zero-order valence-electron chi connectivity index (χ0n) is 9.82. The molecule has 5 nitrogen and oxygen atoms in total. The molecule has 0 radical (unpaired) electrons. The van der Waals surface area contributed by atoms with Crippen LogP contribution in [-0.4, -0.2) is 31.9 Å². The predicted octanol–water partition coefficient (Wildman–Crippen LogP) is 1.22. The molecule has 0 aliphatic carbocycles. The van der Waals surface area contributed by atoms with Crippen LogP contribution in [0.4, 0.5) is 0 Å². The van der Waals surface area contributed by atoms with Crippen molar-refractivity contribution in [2.75, 3.05) is 6.61 Å². The van der Waals surface area contributed by atoms with Crippen molar-refractivity contribution in [3.05, 3.63) is 36.2 Å². The van der Waals surface area contributed by atoms with E-state index in [-0.39, 0.29) is 12.5 Å². The molecule has 17 heavy (non-hydrogen) atoms. The van der Waals surface area contributed by atoms with E-state index in [0.29, 0.717) is 6.42 Å². The van der Waals surface area contributed by atoms with Gasteiger partial charge in [0, 0.05) is 13.0 Å². The molecule has 1 N–H and O–H groups in total. The van der Waals surface area contributed by atoms with Crippen molar-refractivity contribution in [2.24, 2.45) is 5.92 Å². The Kier molecular flexibility index (Phi) is 3.82. The smallest absolute Gasteiger partial charge is 0.157 e. The lowest BCUT2D eigenvalue weighted by Gasteiger charge is -2.10. The van der Waals surface area contributed by atoms with Gasteiger partial charge in [0.25, 0.3) is 0 Å². The molecule has 5 heteroatoms. The molecule has 0 saturated heterocycles. The zero-order chi connectivity index (χ0) is 12.1. The van der Waals surface area contributed by atoms with Crippen LogP contribution < -0.4 is 0 Å². The second-order valence-corrected chi connectivity index (χ2v) is 4.00. The number of hydrogen-bond acceptors (Lipinski definition) is 4. The van der Waals surface area contributed by atoms with Gasteiger partial charge in [-0.05, 0) is 28.5 Å². The summed E-state index contributed by atoms with van der Waals surface area (Å²) in [6.45, 7) is 2.22. The van der Waals surface area contributed by atoms with Gasteiger partial charge in [-0.2, -0.15) is 4.68 Å². The quantitative estimate of drug-likeness (QED) is 0.842. The van der Waals surface area contributed by atoms with Gasteiger partial charge in [0.2, 0.25) is 0 Å². The van der Waals surface area contributed by atoms with E-state index in [0.717, 1.165) is 17.9 Å². The molecule has 1 aromatic carbocycles. The lowest BCUT2D eigenvalue weighted by Crippen LogP contribution is -2.13. The molecule has 0 aliphatic heterocycles. The van der Waals surface area contributed by atoms with Gasteiger partial charge in [0.1, 0.15) is 0 Å². The first-order valence-electron chi connectivity index (χ1n) is 5.78. The average molecular weight is 232 g/mol. The molecular formula is C12H16N4O. The summed E-state index contributed by atoms with van der Waals surface area (Å²) in [5.41, 5.74) is 0.945. The number of aliphatic hydroxyl groups excluding tert-OH is 1. The maximum absolute atomic E-state index is 9.21. The van der Waals surface area contributed by atoms with E-state index in [4.69, 9.17) is 0 Å². The van der Waals surface area contributed by atoms with Crippen LogP contribution in [0.5, 0.6) is 0 Å². The molecule has 0 bridgehead atoms. The summed E-state index contributed by atoms with van der Waals surface area (Å²) < 4.78 is 1.72. The summed E-state index contributed by atoms with van der Waals surface area (Å²) >= 11 is 0. The van der Waals surface area contributed by atoms with Crippen LogP contribution in [0.15, 0.2) is 30.3 Å². The van der Waals surface area contributed by atoms with E-state index in [9.17, 15) is 5.11 Å². The first-order chi connectivity index (χ1) is 8.35. The van der Waals surface area contributed by atoms with Crippen molar-refractivity contribution < 1.29 is 5.11 Å². The second-order valence-electron chi connectivity index (χ2n) is 4.00. The summed E-state index contributed by atoms with van der Waals surface area (Å²) in [4.78, 5) is 0. The zero-order valence-corrected chi connectivity index (χ0v) is 9.82. The lowest BCUT2D eigenvalue weighted by molar-refractivity contribution is 0.219. The van der Waals surface area contributed by atoms with E-state index >= 15 is 0 Å². The molecule has 0 saturated carbocycles. The Bertz CT molecular complexity index is 451. The Balaban J connectivity index is 2.23. The highest BCUT2D eigenvalue weighted by atomic mass is 16.3. The Hall–Kier alpha value is -1.75. The molecule has 0 aliphatic rings. The van der Waals surface area contributed by atoms with Crippen molar-refractivity contribution >= 4 is 0 Å². The van der Waals surface area contributed by atoms with Gasteiger partial charge in [-0.1, -0.05) is 31.5 Å². The lowest BCUT2D eigenvalue weighted by atomic mass is 10.0. The van der Waals surface area contributed by atoms with Gasteiger partial charge >= 0.3 is 0 Å². The van der Waals surface area contributed by atoms with Crippen molar-refractivity contribution in [3.63, 3.8) is 0 Å². The number of tetrazole rings is 1. The molecule has 0 fully saturated rings. The minimum absolute atomic E-state index is 0.165. The molecule has 1 heterocycles. The monoisotopic (exact) mass is 232 g/mol. The van der Waals surface area contributed by atoms with Crippen molar-refractivity contribution in [1.29, 1.82) is 0 Å². The SMILES string of the molecule is CCC(CO)Cc1nnnn1-c1ccccc1. The highest BCUT2D eigenvalue weighted by Gasteiger charge is 2.13. The highest BCUT2D eigenvalue weighted by Crippen LogP contribution is 2.12. The Morgan fingerprint density at radius 3 is 2.71 bits per heavy atom. The topological polar surface area (TPSA) is 63.8 Å². The fourth-order valence-corrected chi connectivity index (χ4v) is 1.70. The van der Waals surface area contributed by atoms with Crippen LogP contribution in [0.25, 0.3) is 5.69 Å². The van der Waals surface area contributed by atoms with Crippen molar-refractivity contribution in [3.8, 4) is 5.69 Å². The number of hydrogen-bond donors (Lipinski definition) is 1. The second kappa shape index (κ2) is 5.54. The molecule has 1 aromatic heterocycles. The third-order valence-corrected chi connectivity index (χ3v) is 2.84. The van der Waals surface area contributed by atoms with Crippen LogP contribution in [0.3, 0.4) is 0 Å². The summed E-state index contributed by atoms with van der Waals surface area (Å²) in [5.74, 6) is 1.00.